The minimum absolute atomic E-state index is 0.296. The van der Waals surface area contributed by atoms with Gasteiger partial charge in [-0.15, -0.1) is 6.58 Å². The molecule has 0 amide bonds. The molecule has 1 aliphatic heterocycles. The fourth-order valence-corrected chi connectivity index (χ4v) is 3.22. The molecule has 2 unspecified atom stereocenters. The first kappa shape index (κ1) is 16.6. The van der Waals surface area contributed by atoms with Crippen molar-refractivity contribution in [1.82, 2.24) is 4.90 Å². The maximum absolute atomic E-state index is 10.1. The second-order valence-corrected chi connectivity index (χ2v) is 6.22. The highest BCUT2D eigenvalue weighted by Gasteiger charge is 2.21. The van der Waals surface area contributed by atoms with Gasteiger partial charge in [0.25, 0.3) is 0 Å². The number of rotatable bonds is 10. The minimum Gasteiger partial charge on any atom is -0.389 e. The first-order chi connectivity index (χ1) is 10.3. The van der Waals surface area contributed by atoms with Gasteiger partial charge in [0.2, 0.25) is 0 Å². The van der Waals surface area contributed by atoms with Crippen LogP contribution in [0.3, 0.4) is 0 Å². The first-order valence-corrected chi connectivity index (χ1v) is 8.44. The van der Waals surface area contributed by atoms with E-state index in [0.717, 1.165) is 32.5 Å². The van der Waals surface area contributed by atoms with E-state index < -0.39 is 6.10 Å². The van der Waals surface area contributed by atoms with Crippen LogP contribution in [0.5, 0.6) is 0 Å². The molecule has 0 radical (unpaired) electrons. The lowest BCUT2D eigenvalue weighted by atomic mass is 10.2. The molecule has 2 rings (SSSR count). The second-order valence-electron chi connectivity index (χ2n) is 5.44. The van der Waals surface area contributed by atoms with Gasteiger partial charge in [0, 0.05) is 26.2 Å². The quantitative estimate of drug-likeness (QED) is 0.532. The van der Waals surface area contributed by atoms with Gasteiger partial charge < -0.3 is 14.6 Å². The standard InChI is InChI=1S/C16H25NO3S/c1-2-6-19-12-15(18)10-17(9-14-5-8-21-13-14)11-16-4-3-7-20-16/h2,5,8,13,15-16,18H,1,3-4,6-7,9-12H2. The minimum atomic E-state index is -0.481. The van der Waals surface area contributed by atoms with E-state index >= 15 is 0 Å². The van der Waals surface area contributed by atoms with Crippen molar-refractivity contribution in [3.63, 3.8) is 0 Å². The summed E-state index contributed by atoms with van der Waals surface area (Å²) in [4.78, 5) is 2.26. The molecule has 0 bridgehead atoms. The number of ether oxygens (including phenoxy) is 2. The summed E-state index contributed by atoms with van der Waals surface area (Å²) in [5.41, 5.74) is 1.29. The molecule has 1 saturated heterocycles. The van der Waals surface area contributed by atoms with Crippen molar-refractivity contribution in [2.24, 2.45) is 0 Å². The van der Waals surface area contributed by atoms with Crippen LogP contribution >= 0.6 is 11.3 Å². The van der Waals surface area contributed by atoms with Gasteiger partial charge in [-0.3, -0.25) is 4.90 Å². The zero-order valence-electron chi connectivity index (χ0n) is 12.4. The maximum Gasteiger partial charge on any atom is 0.0900 e. The van der Waals surface area contributed by atoms with Crippen molar-refractivity contribution in [3.05, 3.63) is 35.0 Å². The first-order valence-electron chi connectivity index (χ1n) is 7.49. The van der Waals surface area contributed by atoms with Gasteiger partial charge in [-0.1, -0.05) is 6.08 Å². The molecule has 1 N–H and O–H groups in total. The number of nitrogens with zero attached hydrogens (tertiary/aromatic N) is 1. The Labute approximate surface area is 131 Å². The largest absolute Gasteiger partial charge is 0.389 e. The molecule has 0 spiro atoms. The SMILES string of the molecule is C=CCOCC(O)CN(Cc1ccsc1)CC1CCCO1. The molecule has 1 fully saturated rings. The molecule has 21 heavy (non-hydrogen) atoms. The number of thiophene rings is 1. The Hall–Kier alpha value is -0.720. The van der Waals surface area contributed by atoms with Crippen LogP contribution in [0.2, 0.25) is 0 Å². The summed E-state index contributed by atoms with van der Waals surface area (Å²) in [6, 6.07) is 2.13. The van der Waals surface area contributed by atoms with Crippen LogP contribution in [-0.2, 0) is 16.0 Å². The van der Waals surface area contributed by atoms with E-state index in [-0.39, 0.29) is 0 Å². The average molecular weight is 311 g/mol. The Kier molecular flexibility index (Phi) is 7.39. The van der Waals surface area contributed by atoms with Crippen molar-refractivity contribution < 1.29 is 14.6 Å². The lowest BCUT2D eigenvalue weighted by Crippen LogP contribution is -2.39. The lowest BCUT2D eigenvalue weighted by molar-refractivity contribution is 0.00860. The van der Waals surface area contributed by atoms with Gasteiger partial charge in [0.05, 0.1) is 25.4 Å². The molecule has 1 aliphatic rings. The number of hydrogen-bond acceptors (Lipinski definition) is 5. The Balaban J connectivity index is 1.82. The topological polar surface area (TPSA) is 41.9 Å². The Bertz CT molecular complexity index is 390. The summed E-state index contributed by atoms with van der Waals surface area (Å²) in [5.74, 6) is 0. The van der Waals surface area contributed by atoms with Crippen molar-refractivity contribution in [1.29, 1.82) is 0 Å². The molecule has 1 aromatic heterocycles. The third-order valence-electron chi connectivity index (χ3n) is 3.49. The van der Waals surface area contributed by atoms with Crippen molar-refractivity contribution in [3.8, 4) is 0 Å². The van der Waals surface area contributed by atoms with E-state index in [1.54, 1.807) is 17.4 Å². The molecule has 118 valence electrons. The summed E-state index contributed by atoms with van der Waals surface area (Å²) < 4.78 is 11.0. The summed E-state index contributed by atoms with van der Waals surface area (Å²) in [5, 5.41) is 14.4. The van der Waals surface area contributed by atoms with E-state index in [9.17, 15) is 5.11 Å². The van der Waals surface area contributed by atoms with Gasteiger partial charge in [-0.2, -0.15) is 11.3 Å². The van der Waals surface area contributed by atoms with E-state index in [1.165, 1.54) is 5.56 Å². The highest BCUT2D eigenvalue weighted by Crippen LogP contribution is 2.16. The summed E-state index contributed by atoms with van der Waals surface area (Å²) in [6.45, 7) is 7.61. The number of hydrogen-bond donors (Lipinski definition) is 1. The van der Waals surface area contributed by atoms with Crippen molar-refractivity contribution >= 4 is 11.3 Å². The zero-order valence-corrected chi connectivity index (χ0v) is 13.3. The molecular weight excluding hydrogens is 286 g/mol. The van der Waals surface area contributed by atoms with E-state index in [0.29, 0.717) is 25.9 Å². The molecular formula is C16H25NO3S. The lowest BCUT2D eigenvalue weighted by Gasteiger charge is -2.27. The maximum atomic E-state index is 10.1. The van der Waals surface area contributed by atoms with Crippen LogP contribution in [0.1, 0.15) is 18.4 Å². The molecule has 2 atom stereocenters. The van der Waals surface area contributed by atoms with Crippen LogP contribution < -0.4 is 0 Å². The number of aliphatic hydroxyl groups excluding tert-OH is 1. The number of aliphatic hydroxyl groups is 1. The second kappa shape index (κ2) is 9.33. The summed E-state index contributed by atoms with van der Waals surface area (Å²) >= 11 is 1.70. The highest BCUT2D eigenvalue weighted by atomic mass is 32.1. The molecule has 0 aromatic carbocycles. The van der Waals surface area contributed by atoms with Crippen LogP contribution in [0.25, 0.3) is 0 Å². The smallest absolute Gasteiger partial charge is 0.0900 e. The van der Waals surface area contributed by atoms with E-state index in [2.05, 4.69) is 28.3 Å². The van der Waals surface area contributed by atoms with Crippen LogP contribution in [0.15, 0.2) is 29.5 Å². The molecule has 4 nitrogen and oxygen atoms in total. The monoisotopic (exact) mass is 311 g/mol. The average Bonchev–Trinajstić information content (AvgIpc) is 3.12. The van der Waals surface area contributed by atoms with E-state index in [4.69, 9.17) is 9.47 Å². The molecule has 1 aromatic rings. The van der Waals surface area contributed by atoms with Gasteiger partial charge in [-0.25, -0.2) is 0 Å². The summed E-state index contributed by atoms with van der Waals surface area (Å²) in [6.07, 6.45) is 3.77. The van der Waals surface area contributed by atoms with Crippen LogP contribution in [0, 0.1) is 0 Å². The predicted octanol–water partition coefficient (Wildman–Crippen LogP) is 2.29. The fraction of sp³-hybridized carbons (Fsp3) is 0.625. The zero-order chi connectivity index (χ0) is 14.9. The third-order valence-corrected chi connectivity index (χ3v) is 4.22. The summed E-state index contributed by atoms with van der Waals surface area (Å²) in [7, 11) is 0. The van der Waals surface area contributed by atoms with Gasteiger partial charge in [0.15, 0.2) is 0 Å². The van der Waals surface area contributed by atoms with Gasteiger partial charge in [0.1, 0.15) is 0 Å². The Morgan fingerprint density at radius 2 is 2.52 bits per heavy atom. The van der Waals surface area contributed by atoms with Crippen molar-refractivity contribution in [2.45, 2.75) is 31.6 Å². The van der Waals surface area contributed by atoms with Crippen molar-refractivity contribution in [2.75, 3.05) is 32.9 Å². The van der Waals surface area contributed by atoms with Gasteiger partial charge in [-0.05, 0) is 35.2 Å². The molecule has 2 heterocycles. The molecule has 0 saturated carbocycles. The Morgan fingerprint density at radius 3 is 3.19 bits per heavy atom. The normalized spacial score (nSPS) is 20.0. The Morgan fingerprint density at radius 1 is 1.62 bits per heavy atom. The molecule has 0 aliphatic carbocycles. The highest BCUT2D eigenvalue weighted by molar-refractivity contribution is 7.07. The van der Waals surface area contributed by atoms with Crippen LogP contribution in [0.4, 0.5) is 0 Å². The fourth-order valence-electron chi connectivity index (χ4n) is 2.56. The molecule has 5 heteroatoms. The third kappa shape index (κ3) is 6.28. The predicted molar refractivity (Wildman–Crippen MR) is 85.6 cm³/mol. The van der Waals surface area contributed by atoms with E-state index in [1.807, 2.05) is 0 Å². The van der Waals surface area contributed by atoms with Crippen LogP contribution in [-0.4, -0.2) is 55.1 Å². The van der Waals surface area contributed by atoms with Gasteiger partial charge >= 0.3 is 0 Å².